The molecule has 4 rings (SSSR count). The number of rotatable bonds is 2. The molecule has 0 bridgehead atoms. The molecule has 0 N–H and O–H groups in total. The van der Waals surface area contributed by atoms with Crippen molar-refractivity contribution >= 4 is 17.4 Å². The molecular weight excluding hydrogens is 365 g/mol. The lowest BCUT2D eigenvalue weighted by molar-refractivity contribution is -0.124. The number of aryl methyl sites for hydroxylation is 2. The number of likely N-dealkylation sites (N-methyl/N-ethyl adjacent to an activating group) is 1. The van der Waals surface area contributed by atoms with E-state index in [0.29, 0.717) is 11.6 Å². The van der Waals surface area contributed by atoms with E-state index in [1.165, 1.54) is 11.8 Å². The van der Waals surface area contributed by atoms with Gasteiger partial charge in [0, 0.05) is 24.7 Å². The number of benzene rings is 1. The molecule has 0 radical (unpaired) electrons. The summed E-state index contributed by atoms with van der Waals surface area (Å²) in [5, 5.41) is 0.706. The number of piperazine rings is 1. The Kier molecular flexibility index (Phi) is 5.01. The lowest BCUT2D eigenvalue weighted by Crippen LogP contribution is -2.55. The third-order valence-electron chi connectivity index (χ3n) is 5.80. The maximum atomic E-state index is 13.9. The molecule has 2 aliphatic rings. The largest absolute Gasteiger partial charge is 0.298 e. The molecule has 1 aromatic carbocycles. The molecule has 6 heteroatoms. The first-order chi connectivity index (χ1) is 12.9. The predicted octanol–water partition coefficient (Wildman–Crippen LogP) is 3.27. The van der Waals surface area contributed by atoms with Crippen molar-refractivity contribution in [1.82, 2.24) is 14.8 Å². The zero-order valence-electron chi connectivity index (χ0n) is 15.6. The number of aromatic nitrogens is 1. The van der Waals surface area contributed by atoms with Crippen molar-refractivity contribution in [2.24, 2.45) is 0 Å². The van der Waals surface area contributed by atoms with Crippen LogP contribution in [0.4, 0.5) is 4.39 Å². The minimum atomic E-state index is -0.309. The summed E-state index contributed by atoms with van der Waals surface area (Å²) in [6.45, 7) is 3.91. The number of hydrogen-bond donors (Lipinski definition) is 0. The maximum Gasteiger partial charge on any atom is 0.148 e. The highest BCUT2D eigenvalue weighted by Crippen LogP contribution is 2.37. The average molecular weight is 388 g/mol. The summed E-state index contributed by atoms with van der Waals surface area (Å²) in [5.41, 5.74) is 4.16. The lowest BCUT2D eigenvalue weighted by Gasteiger charge is -2.42. The van der Waals surface area contributed by atoms with E-state index in [-0.39, 0.29) is 23.7 Å². The van der Waals surface area contributed by atoms with E-state index in [9.17, 15) is 9.18 Å². The van der Waals surface area contributed by atoms with E-state index < -0.39 is 0 Å². The van der Waals surface area contributed by atoms with E-state index in [0.717, 1.165) is 42.8 Å². The average Bonchev–Trinajstić information content (AvgIpc) is 2.78. The number of carbonyl (C=O) groups excluding carboxylic acids is 1. The molecule has 0 spiro atoms. The number of Topliss-reactive ketones (excluding diaryl/α,β-unsaturated/α-hetero) is 1. The highest BCUT2D eigenvalue weighted by molar-refractivity contribution is 6.30. The van der Waals surface area contributed by atoms with Gasteiger partial charge in [-0.1, -0.05) is 17.7 Å². The van der Waals surface area contributed by atoms with Crippen molar-refractivity contribution in [1.29, 1.82) is 0 Å². The van der Waals surface area contributed by atoms with Crippen LogP contribution in [0.2, 0.25) is 5.02 Å². The third-order valence-corrected chi connectivity index (χ3v) is 6.04. The van der Waals surface area contributed by atoms with Crippen LogP contribution in [-0.2, 0) is 17.6 Å². The van der Waals surface area contributed by atoms with Crippen molar-refractivity contribution < 1.29 is 9.18 Å². The highest BCUT2D eigenvalue weighted by atomic mass is 35.5. The summed E-state index contributed by atoms with van der Waals surface area (Å²) in [7, 11) is 1.99. The van der Waals surface area contributed by atoms with Gasteiger partial charge in [0.15, 0.2) is 0 Å². The Bertz CT molecular complexity index is 834. The first-order valence-corrected chi connectivity index (χ1v) is 9.69. The second-order valence-electron chi connectivity index (χ2n) is 7.55. The Hall–Kier alpha value is -1.82. The molecule has 0 saturated carbocycles. The molecule has 0 amide bonds. The Balaban J connectivity index is 1.82. The zero-order chi connectivity index (χ0) is 19.1. The molecule has 142 valence electrons. The molecule has 1 aliphatic heterocycles. The van der Waals surface area contributed by atoms with E-state index in [1.807, 2.05) is 19.2 Å². The van der Waals surface area contributed by atoms with Crippen LogP contribution in [0.5, 0.6) is 0 Å². The smallest absolute Gasteiger partial charge is 0.148 e. The summed E-state index contributed by atoms with van der Waals surface area (Å²) >= 11 is 6.24. The number of halogens is 2. The van der Waals surface area contributed by atoms with Gasteiger partial charge in [0.05, 0.1) is 24.0 Å². The van der Waals surface area contributed by atoms with Crippen LogP contribution in [0.1, 0.15) is 35.3 Å². The predicted molar refractivity (Wildman–Crippen MR) is 104 cm³/mol. The van der Waals surface area contributed by atoms with Gasteiger partial charge in [0.25, 0.3) is 0 Å². The fourth-order valence-corrected chi connectivity index (χ4v) is 4.55. The molecule has 2 atom stereocenters. The lowest BCUT2D eigenvalue weighted by atomic mass is 9.95. The maximum absolute atomic E-state index is 13.9. The van der Waals surface area contributed by atoms with E-state index in [2.05, 4.69) is 20.9 Å². The summed E-state index contributed by atoms with van der Waals surface area (Å²) in [5.74, 6) is -0.143. The van der Waals surface area contributed by atoms with Crippen molar-refractivity contribution in [2.45, 2.75) is 31.8 Å². The summed E-state index contributed by atoms with van der Waals surface area (Å²) in [6, 6.07) is 7.34. The van der Waals surface area contributed by atoms with Crippen LogP contribution in [-0.4, -0.2) is 53.3 Å². The number of pyridine rings is 1. The van der Waals surface area contributed by atoms with Gasteiger partial charge in [-0.05, 0) is 61.7 Å². The third kappa shape index (κ3) is 3.51. The molecule has 27 heavy (non-hydrogen) atoms. The van der Waals surface area contributed by atoms with Gasteiger partial charge < -0.3 is 0 Å². The quantitative estimate of drug-likeness (QED) is 0.792. The van der Waals surface area contributed by atoms with E-state index in [1.54, 1.807) is 13.0 Å². The van der Waals surface area contributed by atoms with Gasteiger partial charge in [0.1, 0.15) is 11.6 Å². The first kappa shape index (κ1) is 18.5. The number of ketones is 1. The Labute approximate surface area is 163 Å². The van der Waals surface area contributed by atoms with Crippen molar-refractivity contribution in [2.75, 3.05) is 26.7 Å². The monoisotopic (exact) mass is 387 g/mol. The molecular formula is C21H23ClFN3O. The highest BCUT2D eigenvalue weighted by Gasteiger charge is 2.36. The van der Waals surface area contributed by atoms with Crippen molar-refractivity contribution in [3.8, 4) is 0 Å². The number of nitrogens with zero attached hydrogens (tertiary/aromatic N) is 3. The second kappa shape index (κ2) is 7.30. The molecule has 1 fully saturated rings. The van der Waals surface area contributed by atoms with Crippen LogP contribution < -0.4 is 0 Å². The van der Waals surface area contributed by atoms with Gasteiger partial charge in [-0.2, -0.15) is 0 Å². The topological polar surface area (TPSA) is 36.4 Å². The van der Waals surface area contributed by atoms with Gasteiger partial charge >= 0.3 is 0 Å². The van der Waals surface area contributed by atoms with Gasteiger partial charge in [-0.25, -0.2) is 4.39 Å². The normalized spacial score (nSPS) is 23.4. The molecule has 2 heterocycles. The Morgan fingerprint density at radius 2 is 2.00 bits per heavy atom. The molecule has 1 aromatic heterocycles. The molecule has 1 aliphatic carbocycles. The minimum Gasteiger partial charge on any atom is -0.298 e. The van der Waals surface area contributed by atoms with Gasteiger partial charge in [0.2, 0.25) is 0 Å². The van der Waals surface area contributed by atoms with Crippen LogP contribution in [0.3, 0.4) is 0 Å². The summed E-state index contributed by atoms with van der Waals surface area (Å²) < 4.78 is 13.9. The number of hydrogen-bond acceptors (Lipinski definition) is 4. The molecule has 4 nitrogen and oxygen atoms in total. The number of fused-ring (bicyclic) bond motifs is 2. The Morgan fingerprint density at radius 3 is 2.78 bits per heavy atom. The van der Waals surface area contributed by atoms with Crippen molar-refractivity contribution in [3.05, 3.63) is 63.7 Å². The first-order valence-electron chi connectivity index (χ1n) is 9.31. The van der Waals surface area contributed by atoms with Crippen LogP contribution in [0.25, 0.3) is 0 Å². The van der Waals surface area contributed by atoms with Gasteiger partial charge in [-0.15, -0.1) is 0 Å². The van der Waals surface area contributed by atoms with E-state index in [4.69, 9.17) is 11.6 Å². The standard InChI is InChI=1S/C21H23ClFN3O/c1-13(27)19-12-26(8-7-25(19)2)21-18-6-5-16(22)9-14(18)3-4-15-10-17(23)11-24-20(15)21/h5-6,9-11,19,21H,3-4,7-8,12H2,1-2H3/t19-,21+/m1/s1. The van der Waals surface area contributed by atoms with Gasteiger partial charge in [-0.3, -0.25) is 19.6 Å². The SMILES string of the molecule is CC(=O)[C@H]1CN([C@H]2c3ccc(Cl)cc3CCc3cc(F)cnc32)CCN1C. The molecule has 2 aromatic rings. The summed E-state index contributed by atoms with van der Waals surface area (Å²) in [4.78, 5) is 21.1. The molecule has 1 saturated heterocycles. The fraction of sp³-hybridized carbons (Fsp3) is 0.429. The molecule has 0 unspecified atom stereocenters. The second-order valence-corrected chi connectivity index (χ2v) is 7.98. The van der Waals surface area contributed by atoms with Crippen LogP contribution in [0, 0.1) is 5.82 Å². The van der Waals surface area contributed by atoms with E-state index >= 15 is 0 Å². The number of carbonyl (C=O) groups is 1. The summed E-state index contributed by atoms with van der Waals surface area (Å²) in [6.07, 6.45) is 2.83. The fourth-order valence-electron chi connectivity index (χ4n) is 4.35. The van der Waals surface area contributed by atoms with Crippen molar-refractivity contribution in [3.63, 3.8) is 0 Å². The Morgan fingerprint density at radius 1 is 1.22 bits per heavy atom. The zero-order valence-corrected chi connectivity index (χ0v) is 16.3. The minimum absolute atomic E-state index is 0.0917. The van der Waals surface area contributed by atoms with Crippen LogP contribution >= 0.6 is 11.6 Å². The van der Waals surface area contributed by atoms with Crippen LogP contribution in [0.15, 0.2) is 30.5 Å².